The number of rotatable bonds is 3. The van der Waals surface area contributed by atoms with Crippen LogP contribution in [0.2, 0.25) is 0 Å². The Morgan fingerprint density at radius 1 is 1.38 bits per heavy atom. The van der Waals surface area contributed by atoms with Crippen LogP contribution in [0, 0.1) is 5.41 Å². The van der Waals surface area contributed by atoms with Crippen LogP contribution in [-0.2, 0) is 16.8 Å². The van der Waals surface area contributed by atoms with Gasteiger partial charge in [0, 0.05) is 35.1 Å². The van der Waals surface area contributed by atoms with Crippen LogP contribution in [0.5, 0.6) is 0 Å². The smallest absolute Gasteiger partial charge is 0.106 e. The first-order chi connectivity index (χ1) is 12.3. The molecule has 1 aromatic rings. The molecule has 0 aromatic carbocycles. The van der Waals surface area contributed by atoms with Gasteiger partial charge in [0.1, 0.15) is 5.60 Å². The number of nitrogens with one attached hydrogen (secondary N) is 1. The summed E-state index contributed by atoms with van der Waals surface area (Å²) in [6.07, 6.45) is 7.35. The summed E-state index contributed by atoms with van der Waals surface area (Å²) in [4.78, 5) is 3.03. The molecule has 5 nitrogen and oxygen atoms in total. The molecule has 1 aromatic heterocycles. The van der Waals surface area contributed by atoms with Crippen LogP contribution in [0.15, 0.2) is 18.0 Å². The van der Waals surface area contributed by atoms with Crippen molar-refractivity contribution < 1.29 is 4.74 Å². The molecule has 3 heterocycles. The van der Waals surface area contributed by atoms with Crippen LogP contribution < -0.4 is 16.9 Å². The molecule has 2 atom stereocenters. The van der Waals surface area contributed by atoms with Crippen molar-refractivity contribution in [2.75, 3.05) is 20.2 Å². The van der Waals surface area contributed by atoms with Gasteiger partial charge in [-0.3, -0.25) is 0 Å². The lowest BCUT2D eigenvalue weighted by atomic mass is 9.64. The molecule has 3 aliphatic rings. The number of hydrogen-bond acceptors (Lipinski definition) is 6. The van der Waals surface area contributed by atoms with E-state index in [-0.39, 0.29) is 11.6 Å². The van der Waals surface area contributed by atoms with Crippen molar-refractivity contribution >= 4 is 11.3 Å². The topological polar surface area (TPSA) is 76.5 Å². The molecule has 0 radical (unpaired) electrons. The molecule has 1 saturated heterocycles. The minimum absolute atomic E-state index is 0.105. The first kappa shape index (κ1) is 18.3. The fraction of sp³-hybridized carbons (Fsp3) is 0.700. The van der Waals surface area contributed by atoms with E-state index in [2.05, 4.69) is 25.2 Å². The first-order valence-corrected chi connectivity index (χ1v) is 10.5. The molecule has 1 aliphatic carbocycles. The van der Waals surface area contributed by atoms with Gasteiger partial charge in [0.2, 0.25) is 0 Å². The van der Waals surface area contributed by atoms with Gasteiger partial charge in [0.15, 0.2) is 0 Å². The highest BCUT2D eigenvalue weighted by molar-refractivity contribution is 7.12. The number of nitrogens with zero attached hydrogens (tertiary/aromatic N) is 1. The van der Waals surface area contributed by atoms with Gasteiger partial charge in [-0.2, -0.15) is 0 Å². The van der Waals surface area contributed by atoms with Gasteiger partial charge in [0.25, 0.3) is 0 Å². The molecule has 5 N–H and O–H groups in total. The average molecular weight is 377 g/mol. The molecule has 6 heteroatoms. The van der Waals surface area contributed by atoms with Crippen LogP contribution in [0.3, 0.4) is 0 Å². The van der Waals surface area contributed by atoms with Gasteiger partial charge in [-0.05, 0) is 55.2 Å². The molecule has 4 rings (SSSR count). The predicted octanol–water partition coefficient (Wildman–Crippen LogP) is 2.78. The number of piperidine rings is 1. The molecule has 2 unspecified atom stereocenters. The van der Waals surface area contributed by atoms with Gasteiger partial charge in [-0.25, -0.2) is 5.84 Å². The zero-order valence-corrected chi connectivity index (χ0v) is 17.0. The van der Waals surface area contributed by atoms with E-state index in [0.29, 0.717) is 5.41 Å². The number of hydrazine groups is 1. The third-order valence-electron chi connectivity index (χ3n) is 6.20. The number of ether oxygens (including phenoxy) is 1. The molecule has 1 spiro atoms. The highest BCUT2D eigenvalue weighted by atomic mass is 32.1. The van der Waals surface area contributed by atoms with Gasteiger partial charge in [-0.1, -0.05) is 13.8 Å². The zero-order chi connectivity index (χ0) is 18.5. The van der Waals surface area contributed by atoms with E-state index in [9.17, 15) is 0 Å². The minimum atomic E-state index is -0.183. The second-order valence-electron chi connectivity index (χ2n) is 9.12. The first-order valence-electron chi connectivity index (χ1n) is 9.73. The predicted molar refractivity (Wildman–Crippen MR) is 107 cm³/mol. The summed E-state index contributed by atoms with van der Waals surface area (Å²) in [7, 11) is 1.80. The SMILES string of the molecule is CN(N)/C=C(\N)C1CC2(CCN1)OCCc1cc(C3CC(C)(C)C3)sc12. The summed E-state index contributed by atoms with van der Waals surface area (Å²) in [5.41, 5.74) is 8.92. The molecule has 2 fully saturated rings. The fourth-order valence-electron chi connectivity index (χ4n) is 4.97. The van der Waals surface area contributed by atoms with Crippen molar-refractivity contribution in [3.8, 4) is 0 Å². The zero-order valence-electron chi connectivity index (χ0n) is 16.2. The third-order valence-corrected chi connectivity index (χ3v) is 7.73. The largest absolute Gasteiger partial charge is 0.400 e. The molecule has 1 saturated carbocycles. The van der Waals surface area contributed by atoms with Crippen LogP contribution in [-0.4, -0.2) is 31.3 Å². The Morgan fingerprint density at radius 2 is 2.15 bits per heavy atom. The highest BCUT2D eigenvalue weighted by Gasteiger charge is 2.45. The summed E-state index contributed by atoms with van der Waals surface area (Å²) >= 11 is 2.00. The van der Waals surface area contributed by atoms with Crippen molar-refractivity contribution in [3.05, 3.63) is 33.3 Å². The van der Waals surface area contributed by atoms with E-state index >= 15 is 0 Å². The van der Waals surface area contributed by atoms with Gasteiger partial charge in [-0.15, -0.1) is 11.3 Å². The van der Waals surface area contributed by atoms with Crippen LogP contribution in [0.4, 0.5) is 0 Å². The van der Waals surface area contributed by atoms with Gasteiger partial charge >= 0.3 is 0 Å². The number of hydrogen-bond donors (Lipinski definition) is 3. The molecule has 144 valence electrons. The molecule has 2 aliphatic heterocycles. The average Bonchev–Trinajstić information content (AvgIpc) is 2.98. The van der Waals surface area contributed by atoms with E-state index < -0.39 is 0 Å². The van der Waals surface area contributed by atoms with E-state index in [1.807, 2.05) is 11.3 Å². The Bertz CT molecular complexity index is 703. The summed E-state index contributed by atoms with van der Waals surface area (Å²) in [6.45, 7) is 6.48. The Morgan fingerprint density at radius 3 is 2.85 bits per heavy atom. The van der Waals surface area contributed by atoms with Crippen molar-refractivity contribution in [1.29, 1.82) is 0 Å². The van der Waals surface area contributed by atoms with E-state index in [4.69, 9.17) is 16.3 Å². The van der Waals surface area contributed by atoms with Gasteiger partial charge < -0.3 is 20.8 Å². The maximum atomic E-state index is 6.45. The lowest BCUT2D eigenvalue weighted by molar-refractivity contribution is -0.0837. The van der Waals surface area contributed by atoms with E-state index in [0.717, 1.165) is 44.0 Å². The number of thiophene rings is 1. The summed E-state index contributed by atoms with van der Waals surface area (Å²) in [6, 6.07) is 2.59. The van der Waals surface area contributed by atoms with Crippen LogP contribution in [0.25, 0.3) is 0 Å². The molecular weight excluding hydrogens is 344 g/mol. The summed E-state index contributed by atoms with van der Waals surface area (Å²) in [5.74, 6) is 6.49. The van der Waals surface area contributed by atoms with E-state index in [1.165, 1.54) is 28.3 Å². The van der Waals surface area contributed by atoms with Crippen molar-refractivity contribution in [2.24, 2.45) is 17.0 Å². The standard InChI is InChI=1S/C20H32N4OS/c1-19(2)9-14(10-19)17-8-13-4-7-25-20(18(13)26-17)5-6-23-16(11-20)15(21)12-24(3)22/h8,12,14,16,23H,4-7,9-11,21-22H2,1-3H3/b15-12-. The quantitative estimate of drug-likeness (QED) is 0.559. The lowest BCUT2D eigenvalue weighted by Gasteiger charge is -2.44. The fourth-order valence-corrected chi connectivity index (χ4v) is 6.46. The minimum Gasteiger partial charge on any atom is -0.400 e. The maximum Gasteiger partial charge on any atom is 0.106 e. The molecular formula is C20H32N4OS. The lowest BCUT2D eigenvalue weighted by Crippen LogP contribution is -2.51. The Kier molecular flexibility index (Phi) is 4.58. The monoisotopic (exact) mass is 376 g/mol. The van der Waals surface area contributed by atoms with Crippen molar-refractivity contribution in [2.45, 2.75) is 63.5 Å². The Labute approximate surface area is 160 Å². The van der Waals surface area contributed by atoms with Gasteiger partial charge in [0.05, 0.1) is 12.6 Å². The second-order valence-corrected chi connectivity index (χ2v) is 10.2. The van der Waals surface area contributed by atoms with Crippen LogP contribution >= 0.6 is 11.3 Å². The number of nitrogens with two attached hydrogens (primary N) is 2. The highest BCUT2D eigenvalue weighted by Crippen LogP contribution is 2.54. The van der Waals surface area contributed by atoms with Crippen molar-refractivity contribution in [1.82, 2.24) is 10.3 Å². The molecule has 0 amide bonds. The Hall–Kier alpha value is -1.08. The molecule has 26 heavy (non-hydrogen) atoms. The maximum absolute atomic E-state index is 6.45. The third kappa shape index (κ3) is 3.28. The second kappa shape index (κ2) is 6.51. The Balaban J connectivity index is 1.59. The summed E-state index contributed by atoms with van der Waals surface area (Å²) < 4.78 is 6.45. The van der Waals surface area contributed by atoms with Crippen LogP contribution in [0.1, 0.15) is 60.8 Å². The molecule has 0 bridgehead atoms. The number of fused-ring (bicyclic) bond motifs is 2. The van der Waals surface area contributed by atoms with E-state index in [1.54, 1.807) is 18.1 Å². The van der Waals surface area contributed by atoms with Crippen molar-refractivity contribution in [3.63, 3.8) is 0 Å². The summed E-state index contributed by atoms with van der Waals surface area (Å²) in [5, 5.41) is 5.06. The normalized spacial score (nSPS) is 31.5.